The highest BCUT2D eigenvalue weighted by atomic mass is 16.1. The third-order valence-electron chi connectivity index (χ3n) is 7.47. The van der Waals surface area contributed by atoms with Crippen molar-refractivity contribution < 1.29 is 4.79 Å². The molecule has 3 aromatic carbocycles. The average Bonchev–Trinajstić information content (AvgIpc) is 3.56. The third kappa shape index (κ3) is 5.10. The molecule has 4 aromatic rings. The highest BCUT2D eigenvalue weighted by Gasteiger charge is 2.30. The fourth-order valence-electron chi connectivity index (χ4n) is 5.74. The fourth-order valence-corrected chi connectivity index (χ4v) is 5.74. The first kappa shape index (κ1) is 24.3. The van der Waals surface area contributed by atoms with Gasteiger partial charge in [-0.1, -0.05) is 85.8 Å². The lowest BCUT2D eigenvalue weighted by Gasteiger charge is -2.21. The van der Waals surface area contributed by atoms with Crippen LogP contribution in [0.1, 0.15) is 65.7 Å². The van der Waals surface area contributed by atoms with E-state index in [0.29, 0.717) is 6.54 Å². The number of aryl methyl sites for hydroxylation is 1. The summed E-state index contributed by atoms with van der Waals surface area (Å²) in [7, 11) is 0. The summed E-state index contributed by atoms with van der Waals surface area (Å²) in [5.74, 6) is 0.743. The minimum absolute atomic E-state index is 0.0278. The van der Waals surface area contributed by atoms with Gasteiger partial charge in [0, 0.05) is 35.5 Å². The van der Waals surface area contributed by atoms with E-state index in [1.54, 1.807) is 0 Å². The Kier molecular flexibility index (Phi) is 7.82. The zero-order valence-corrected chi connectivity index (χ0v) is 21.2. The topological polar surface area (TPSA) is 46.1 Å². The van der Waals surface area contributed by atoms with Gasteiger partial charge in [-0.2, -0.15) is 0 Å². The quantitative estimate of drug-likeness (QED) is 0.278. The molecule has 1 amide bonds. The molecule has 5 rings (SSSR count). The van der Waals surface area contributed by atoms with E-state index in [-0.39, 0.29) is 11.8 Å². The lowest BCUT2D eigenvalue weighted by molar-refractivity contribution is 0.0943. The zero-order chi connectivity index (χ0) is 24.7. The number of benzene rings is 3. The molecule has 1 aliphatic rings. The third-order valence-corrected chi connectivity index (χ3v) is 7.47. The molecular weight excluding hydrogens is 442 g/mol. The maximum atomic E-state index is 13.9. The van der Waals surface area contributed by atoms with Crippen LogP contribution < -0.4 is 10.6 Å². The molecule has 4 heteroatoms. The molecular formula is C32H37N3O. The first-order valence-corrected chi connectivity index (χ1v) is 13.5. The van der Waals surface area contributed by atoms with Crippen LogP contribution in [-0.2, 0) is 6.54 Å². The second-order valence-corrected chi connectivity index (χ2v) is 9.94. The Morgan fingerprint density at radius 1 is 0.972 bits per heavy atom. The number of amides is 1. The maximum absolute atomic E-state index is 13.9. The van der Waals surface area contributed by atoms with E-state index >= 15 is 0 Å². The van der Waals surface area contributed by atoms with Crippen LogP contribution in [0.3, 0.4) is 0 Å². The van der Waals surface area contributed by atoms with Crippen molar-refractivity contribution in [1.82, 2.24) is 15.2 Å². The van der Waals surface area contributed by atoms with E-state index in [0.717, 1.165) is 55.2 Å². The van der Waals surface area contributed by atoms with Crippen molar-refractivity contribution in [2.24, 2.45) is 5.92 Å². The van der Waals surface area contributed by atoms with E-state index < -0.39 is 0 Å². The Morgan fingerprint density at radius 2 is 1.64 bits per heavy atom. The number of fused-ring (bicyclic) bond motifs is 1. The first-order chi connectivity index (χ1) is 17.8. The summed E-state index contributed by atoms with van der Waals surface area (Å²) in [4.78, 5) is 13.9. The van der Waals surface area contributed by atoms with Gasteiger partial charge in [-0.3, -0.25) is 4.79 Å². The van der Waals surface area contributed by atoms with Gasteiger partial charge < -0.3 is 15.2 Å². The van der Waals surface area contributed by atoms with Crippen molar-refractivity contribution in [1.29, 1.82) is 0 Å². The Morgan fingerprint density at radius 3 is 2.28 bits per heavy atom. The number of para-hydroxylation sites is 1. The molecule has 2 heterocycles. The van der Waals surface area contributed by atoms with E-state index in [9.17, 15) is 4.79 Å². The smallest absolute Gasteiger partial charge is 0.268 e. The van der Waals surface area contributed by atoms with Gasteiger partial charge in [-0.25, -0.2) is 0 Å². The first-order valence-electron chi connectivity index (χ1n) is 13.5. The molecule has 0 bridgehead atoms. The standard InChI is InChI=1S/C32H37N3O/c1-2-20-34-32(36)31-30(29(25-13-5-3-6-14-25)26-15-7-4-8-16-26)27-17-9-10-18-28(27)35(31)22-11-12-24-19-21-33-23-24/h3-10,13-18,24,29,33H,2,11-12,19-23H2,1H3,(H,34,36). The molecule has 1 aromatic heterocycles. The minimum atomic E-state index is -0.0278. The monoisotopic (exact) mass is 479 g/mol. The number of carbonyl (C=O) groups is 1. The Bertz CT molecular complexity index is 1230. The predicted octanol–water partition coefficient (Wildman–Crippen LogP) is 6.35. The molecule has 1 unspecified atom stereocenters. The molecule has 0 spiro atoms. The second kappa shape index (κ2) is 11.6. The van der Waals surface area contributed by atoms with Crippen molar-refractivity contribution >= 4 is 16.8 Å². The fraction of sp³-hybridized carbons (Fsp3) is 0.344. The molecule has 1 atom stereocenters. The summed E-state index contributed by atoms with van der Waals surface area (Å²) >= 11 is 0. The van der Waals surface area contributed by atoms with E-state index in [1.807, 2.05) is 0 Å². The van der Waals surface area contributed by atoms with Crippen molar-refractivity contribution in [2.75, 3.05) is 19.6 Å². The summed E-state index contributed by atoms with van der Waals surface area (Å²) in [5.41, 5.74) is 5.47. The Balaban J connectivity index is 1.67. The number of carbonyl (C=O) groups excluding carboxylic acids is 1. The molecule has 4 nitrogen and oxygen atoms in total. The van der Waals surface area contributed by atoms with Crippen LogP contribution in [0.4, 0.5) is 0 Å². The van der Waals surface area contributed by atoms with Gasteiger partial charge in [0.25, 0.3) is 5.91 Å². The number of hydrogen-bond acceptors (Lipinski definition) is 2. The van der Waals surface area contributed by atoms with Crippen LogP contribution >= 0.6 is 0 Å². The normalized spacial score (nSPS) is 15.6. The van der Waals surface area contributed by atoms with Gasteiger partial charge in [0.05, 0.1) is 0 Å². The lowest BCUT2D eigenvalue weighted by Crippen LogP contribution is -2.28. The van der Waals surface area contributed by atoms with Crippen LogP contribution in [0.25, 0.3) is 10.9 Å². The van der Waals surface area contributed by atoms with Crippen molar-refractivity contribution in [2.45, 2.75) is 45.1 Å². The number of rotatable bonds is 10. The van der Waals surface area contributed by atoms with Crippen LogP contribution in [0.5, 0.6) is 0 Å². The Labute approximate surface area is 214 Å². The van der Waals surface area contributed by atoms with Gasteiger partial charge >= 0.3 is 0 Å². The van der Waals surface area contributed by atoms with Crippen LogP contribution in [0, 0.1) is 5.92 Å². The van der Waals surface area contributed by atoms with Gasteiger partial charge in [0.2, 0.25) is 0 Å². The highest BCUT2D eigenvalue weighted by molar-refractivity contribution is 6.02. The summed E-state index contributed by atoms with van der Waals surface area (Å²) in [5, 5.41) is 7.86. The van der Waals surface area contributed by atoms with E-state index in [2.05, 4.69) is 107 Å². The molecule has 0 saturated carbocycles. The van der Waals surface area contributed by atoms with E-state index in [1.165, 1.54) is 29.4 Å². The summed E-state index contributed by atoms with van der Waals surface area (Å²) < 4.78 is 2.30. The zero-order valence-electron chi connectivity index (χ0n) is 21.2. The number of nitrogens with zero attached hydrogens (tertiary/aromatic N) is 1. The van der Waals surface area contributed by atoms with Crippen molar-refractivity contribution in [3.63, 3.8) is 0 Å². The van der Waals surface area contributed by atoms with E-state index in [4.69, 9.17) is 0 Å². The minimum Gasteiger partial charge on any atom is -0.351 e. The molecule has 36 heavy (non-hydrogen) atoms. The summed E-state index contributed by atoms with van der Waals surface area (Å²) in [6.07, 6.45) is 4.42. The maximum Gasteiger partial charge on any atom is 0.268 e. The largest absolute Gasteiger partial charge is 0.351 e. The lowest BCUT2D eigenvalue weighted by atomic mass is 9.83. The molecule has 186 valence electrons. The molecule has 1 saturated heterocycles. The molecule has 1 fully saturated rings. The molecule has 0 aliphatic carbocycles. The van der Waals surface area contributed by atoms with Crippen LogP contribution in [0.15, 0.2) is 84.9 Å². The van der Waals surface area contributed by atoms with Gasteiger partial charge in [0.1, 0.15) is 5.69 Å². The summed E-state index contributed by atoms with van der Waals surface area (Å²) in [6.45, 7) is 5.87. The highest BCUT2D eigenvalue weighted by Crippen LogP contribution is 2.40. The summed E-state index contributed by atoms with van der Waals surface area (Å²) in [6, 6.07) is 29.8. The SMILES string of the molecule is CCCNC(=O)c1c(C(c2ccccc2)c2ccccc2)c2ccccc2n1CCCC1CCNC1. The van der Waals surface area contributed by atoms with Gasteiger partial charge in [-0.15, -0.1) is 0 Å². The van der Waals surface area contributed by atoms with Crippen LogP contribution in [-0.4, -0.2) is 30.1 Å². The predicted molar refractivity (Wildman–Crippen MR) is 149 cm³/mol. The van der Waals surface area contributed by atoms with Crippen LogP contribution in [0.2, 0.25) is 0 Å². The molecule has 2 N–H and O–H groups in total. The second-order valence-electron chi connectivity index (χ2n) is 9.94. The average molecular weight is 480 g/mol. The van der Waals surface area contributed by atoms with Crippen molar-refractivity contribution in [3.8, 4) is 0 Å². The molecule has 0 radical (unpaired) electrons. The molecule has 1 aliphatic heterocycles. The Hall–Kier alpha value is -3.37. The van der Waals surface area contributed by atoms with Gasteiger partial charge in [0.15, 0.2) is 0 Å². The van der Waals surface area contributed by atoms with Gasteiger partial charge in [-0.05, 0) is 61.9 Å². The number of nitrogens with one attached hydrogen (secondary N) is 2. The number of hydrogen-bond donors (Lipinski definition) is 2. The number of aromatic nitrogens is 1. The van der Waals surface area contributed by atoms with Crippen molar-refractivity contribution in [3.05, 3.63) is 107 Å².